The average Bonchev–Trinajstić information content (AvgIpc) is 3.45. The fourth-order valence-electron chi connectivity index (χ4n) is 5.07. The summed E-state index contributed by atoms with van der Waals surface area (Å²) in [5.74, 6) is -1.51. The van der Waals surface area contributed by atoms with Gasteiger partial charge in [0.1, 0.15) is 18.1 Å². The highest BCUT2D eigenvalue weighted by Gasteiger charge is 2.38. The minimum atomic E-state index is -0.874. The monoisotopic (exact) mass is 570 g/mol. The summed E-state index contributed by atoms with van der Waals surface area (Å²) < 4.78 is 4.83. The molecule has 1 aliphatic rings. The number of hydrogen-bond acceptors (Lipinski definition) is 6. The summed E-state index contributed by atoms with van der Waals surface area (Å²) in [6.45, 7) is 8.87. The third-order valence-electron chi connectivity index (χ3n) is 7.48. The molecule has 1 aromatic carbocycles. The van der Waals surface area contributed by atoms with Crippen molar-refractivity contribution in [2.75, 3.05) is 20.2 Å². The highest BCUT2D eigenvalue weighted by Crippen LogP contribution is 2.24. The van der Waals surface area contributed by atoms with Crippen LogP contribution in [0.2, 0.25) is 0 Å². The molecule has 0 aliphatic carbocycles. The Balaban J connectivity index is 2.17. The molecule has 1 heterocycles. The van der Waals surface area contributed by atoms with Crippen LogP contribution in [0.25, 0.3) is 0 Å². The third-order valence-corrected chi connectivity index (χ3v) is 7.48. The first-order chi connectivity index (χ1) is 19.6. The van der Waals surface area contributed by atoms with Gasteiger partial charge in [0.2, 0.25) is 17.7 Å². The first-order valence-corrected chi connectivity index (χ1v) is 15.0. The van der Waals surface area contributed by atoms with E-state index < -0.39 is 30.0 Å². The standard InChI is InChI=1S/C32H50N4O5/c1-22(2)13-9-10-16-25(21-24-14-7-6-8-15-24)31(39)36-20-12-18-27(36)29(37)35-28(23(3)4)30(38)34-26(17-11-19-33)32(40)41-5/h6-8,10,14-16,22-23,25-28H,9,11-13,17-21,33H2,1-5H3,(H,34,38)(H,35,37)/b16-10+/t25-,26+,27+,28+/m1/s1. The summed E-state index contributed by atoms with van der Waals surface area (Å²) >= 11 is 0. The Bertz CT molecular complexity index is 1010. The number of nitrogens with zero attached hydrogens (tertiary/aromatic N) is 1. The first-order valence-electron chi connectivity index (χ1n) is 15.0. The number of methoxy groups -OCH3 is 1. The molecular weight excluding hydrogens is 520 g/mol. The van der Waals surface area contributed by atoms with Crippen molar-refractivity contribution in [1.29, 1.82) is 0 Å². The Hall–Kier alpha value is -3.20. The lowest BCUT2D eigenvalue weighted by atomic mass is 9.96. The Morgan fingerprint density at radius 1 is 1.07 bits per heavy atom. The van der Waals surface area contributed by atoms with Crippen LogP contribution in [-0.2, 0) is 30.3 Å². The molecule has 1 saturated heterocycles. The second kappa shape index (κ2) is 17.6. The molecule has 0 radical (unpaired) electrons. The molecule has 41 heavy (non-hydrogen) atoms. The molecule has 2 rings (SSSR count). The van der Waals surface area contributed by atoms with E-state index in [4.69, 9.17) is 10.5 Å². The number of rotatable bonds is 16. The molecule has 0 spiro atoms. The number of hydrogen-bond donors (Lipinski definition) is 3. The van der Waals surface area contributed by atoms with E-state index in [1.54, 1.807) is 4.90 Å². The normalized spacial score (nSPS) is 17.5. The fraction of sp³-hybridized carbons (Fsp3) is 0.625. The second-order valence-corrected chi connectivity index (χ2v) is 11.6. The molecule has 0 saturated carbocycles. The summed E-state index contributed by atoms with van der Waals surface area (Å²) in [5.41, 5.74) is 6.64. The zero-order valence-corrected chi connectivity index (χ0v) is 25.4. The zero-order chi connectivity index (χ0) is 30.4. The van der Waals surface area contributed by atoms with Crippen LogP contribution in [0.5, 0.6) is 0 Å². The summed E-state index contributed by atoms with van der Waals surface area (Å²) in [7, 11) is 1.27. The van der Waals surface area contributed by atoms with Crippen molar-refractivity contribution in [3.05, 3.63) is 48.0 Å². The van der Waals surface area contributed by atoms with Crippen LogP contribution in [0.3, 0.4) is 0 Å². The molecule has 9 nitrogen and oxygen atoms in total. The van der Waals surface area contributed by atoms with Crippen LogP contribution in [0.1, 0.15) is 71.8 Å². The van der Waals surface area contributed by atoms with Gasteiger partial charge in [0.15, 0.2) is 0 Å². The lowest BCUT2D eigenvalue weighted by Gasteiger charge is -2.30. The Morgan fingerprint density at radius 2 is 1.78 bits per heavy atom. The number of amides is 3. The van der Waals surface area contributed by atoms with Gasteiger partial charge < -0.3 is 26.0 Å². The molecule has 4 atom stereocenters. The largest absolute Gasteiger partial charge is 0.467 e. The number of allylic oxidation sites excluding steroid dienone is 1. The van der Waals surface area contributed by atoms with Gasteiger partial charge >= 0.3 is 5.97 Å². The molecule has 0 bridgehead atoms. The maximum atomic E-state index is 13.9. The third kappa shape index (κ3) is 10.9. The van der Waals surface area contributed by atoms with Gasteiger partial charge in [0, 0.05) is 6.54 Å². The predicted octanol–water partition coefficient (Wildman–Crippen LogP) is 3.37. The minimum Gasteiger partial charge on any atom is -0.467 e. The van der Waals surface area contributed by atoms with E-state index in [2.05, 4.69) is 30.6 Å². The minimum absolute atomic E-state index is 0.0783. The summed E-state index contributed by atoms with van der Waals surface area (Å²) in [6, 6.07) is 7.52. The van der Waals surface area contributed by atoms with Crippen molar-refractivity contribution >= 4 is 23.7 Å². The molecule has 1 aliphatic heterocycles. The van der Waals surface area contributed by atoms with Gasteiger partial charge in [-0.05, 0) is 68.9 Å². The number of benzene rings is 1. The predicted molar refractivity (Wildman–Crippen MR) is 161 cm³/mol. The number of esters is 1. The molecule has 4 N–H and O–H groups in total. The summed E-state index contributed by atoms with van der Waals surface area (Å²) in [4.78, 5) is 54.5. The van der Waals surface area contributed by atoms with Crippen molar-refractivity contribution in [2.24, 2.45) is 23.5 Å². The molecular formula is C32H50N4O5. The van der Waals surface area contributed by atoms with E-state index in [-0.39, 0.29) is 23.7 Å². The number of likely N-dealkylation sites (tertiary alicyclic amines) is 1. The molecule has 1 fully saturated rings. The van der Waals surface area contributed by atoms with Gasteiger partial charge in [-0.1, -0.05) is 70.2 Å². The van der Waals surface area contributed by atoms with E-state index in [9.17, 15) is 19.2 Å². The van der Waals surface area contributed by atoms with E-state index in [0.29, 0.717) is 51.1 Å². The van der Waals surface area contributed by atoms with Crippen LogP contribution < -0.4 is 16.4 Å². The van der Waals surface area contributed by atoms with Crippen LogP contribution in [-0.4, -0.2) is 66.9 Å². The molecule has 3 amide bonds. The molecule has 1 aromatic rings. The smallest absolute Gasteiger partial charge is 0.328 e. The molecule has 9 heteroatoms. The lowest BCUT2D eigenvalue weighted by molar-refractivity contribution is -0.146. The summed E-state index contributed by atoms with van der Waals surface area (Å²) in [5, 5.41) is 5.60. The van der Waals surface area contributed by atoms with Gasteiger partial charge in [-0.25, -0.2) is 4.79 Å². The van der Waals surface area contributed by atoms with Gasteiger partial charge in [0.05, 0.1) is 13.0 Å². The Labute approximate surface area is 245 Å². The quantitative estimate of drug-likeness (QED) is 0.206. The molecule has 228 valence electrons. The second-order valence-electron chi connectivity index (χ2n) is 11.6. The lowest BCUT2D eigenvalue weighted by Crippen LogP contribution is -2.57. The highest BCUT2D eigenvalue weighted by atomic mass is 16.5. The van der Waals surface area contributed by atoms with Crippen molar-refractivity contribution in [3.63, 3.8) is 0 Å². The number of nitrogens with one attached hydrogen (secondary N) is 2. The topological polar surface area (TPSA) is 131 Å². The van der Waals surface area contributed by atoms with Crippen LogP contribution in [0.15, 0.2) is 42.5 Å². The maximum Gasteiger partial charge on any atom is 0.328 e. The van der Waals surface area contributed by atoms with E-state index in [1.165, 1.54) is 7.11 Å². The van der Waals surface area contributed by atoms with E-state index >= 15 is 0 Å². The van der Waals surface area contributed by atoms with E-state index in [0.717, 1.165) is 18.4 Å². The average molecular weight is 571 g/mol. The SMILES string of the molecule is COC(=O)[C@H](CCCN)NC(=O)[C@@H](NC(=O)[C@@H]1CCCN1C(=O)[C@H](/C=C/CCC(C)C)Cc1ccccc1)C(C)C. The van der Waals surface area contributed by atoms with Crippen molar-refractivity contribution in [3.8, 4) is 0 Å². The van der Waals surface area contributed by atoms with Crippen molar-refractivity contribution in [1.82, 2.24) is 15.5 Å². The molecule has 0 unspecified atom stereocenters. The van der Waals surface area contributed by atoms with Gasteiger partial charge in [-0.15, -0.1) is 0 Å². The highest BCUT2D eigenvalue weighted by molar-refractivity contribution is 5.94. The Morgan fingerprint density at radius 3 is 2.39 bits per heavy atom. The fourth-order valence-corrected chi connectivity index (χ4v) is 5.07. The van der Waals surface area contributed by atoms with Gasteiger partial charge in [-0.2, -0.15) is 0 Å². The van der Waals surface area contributed by atoms with Crippen LogP contribution >= 0.6 is 0 Å². The van der Waals surface area contributed by atoms with Crippen LogP contribution in [0.4, 0.5) is 0 Å². The van der Waals surface area contributed by atoms with Crippen molar-refractivity contribution in [2.45, 2.75) is 90.8 Å². The van der Waals surface area contributed by atoms with Crippen molar-refractivity contribution < 1.29 is 23.9 Å². The van der Waals surface area contributed by atoms with Gasteiger partial charge in [-0.3, -0.25) is 14.4 Å². The molecule has 0 aromatic heterocycles. The number of carbonyl (C=O) groups is 4. The number of ether oxygens (including phenoxy) is 1. The van der Waals surface area contributed by atoms with Gasteiger partial charge in [0.25, 0.3) is 0 Å². The summed E-state index contributed by atoms with van der Waals surface area (Å²) in [6.07, 6.45) is 8.67. The number of nitrogens with two attached hydrogens (primary N) is 1. The zero-order valence-electron chi connectivity index (χ0n) is 25.4. The first kappa shape index (κ1) is 34.0. The van der Waals surface area contributed by atoms with E-state index in [1.807, 2.05) is 50.3 Å². The number of carbonyl (C=O) groups excluding carboxylic acids is 4. The Kier molecular flexibility index (Phi) is 14.6. The maximum absolute atomic E-state index is 13.9. The van der Waals surface area contributed by atoms with Crippen LogP contribution in [0, 0.1) is 17.8 Å².